The maximum atomic E-state index is 13.0. The molecule has 0 radical (unpaired) electrons. The smallest absolute Gasteiger partial charge is 0.282 e. The summed E-state index contributed by atoms with van der Waals surface area (Å²) < 4.78 is 38.5. The van der Waals surface area contributed by atoms with Crippen LogP contribution in [0.2, 0.25) is 0 Å². The van der Waals surface area contributed by atoms with Crippen molar-refractivity contribution in [3.63, 3.8) is 0 Å². The van der Waals surface area contributed by atoms with Crippen LogP contribution >= 0.6 is 0 Å². The van der Waals surface area contributed by atoms with Crippen molar-refractivity contribution < 1.29 is 17.6 Å². The number of rotatable bonds is 5. The van der Waals surface area contributed by atoms with Crippen molar-refractivity contribution in [3.8, 4) is 0 Å². The minimum absolute atomic E-state index is 0.0530. The molecular formula is C17H15FN4O3S. The largest absolute Gasteiger partial charge is 0.345 e. The van der Waals surface area contributed by atoms with Crippen molar-refractivity contribution >= 4 is 15.9 Å². The molecule has 3 rings (SSSR count). The number of hydrogen-bond donors (Lipinski definition) is 1. The molecule has 0 fully saturated rings. The fourth-order valence-electron chi connectivity index (χ4n) is 2.14. The van der Waals surface area contributed by atoms with Gasteiger partial charge in [-0.05, 0) is 48.9 Å². The molecule has 2 aromatic heterocycles. The van der Waals surface area contributed by atoms with E-state index in [0.717, 1.165) is 36.0 Å². The third kappa shape index (κ3) is 3.77. The lowest BCUT2D eigenvalue weighted by molar-refractivity contribution is 0.0945. The van der Waals surface area contributed by atoms with Crippen LogP contribution in [0, 0.1) is 12.7 Å². The standard InChI is InChI=1S/C17H15FN4O3S/c1-12-2-5-14(19-10-12)11-20-17(23)16-8-9-22(21-16)26(24,25)15-6-3-13(18)4-7-15/h2-10H,11H2,1H3,(H,20,23). The summed E-state index contributed by atoms with van der Waals surface area (Å²) in [5.41, 5.74) is 1.62. The highest BCUT2D eigenvalue weighted by Crippen LogP contribution is 2.14. The van der Waals surface area contributed by atoms with Crippen LogP contribution in [0.15, 0.2) is 59.8 Å². The van der Waals surface area contributed by atoms with Crippen LogP contribution in [0.4, 0.5) is 4.39 Å². The number of benzene rings is 1. The molecule has 2 heterocycles. The van der Waals surface area contributed by atoms with Gasteiger partial charge in [-0.2, -0.15) is 17.6 Å². The Balaban J connectivity index is 1.73. The highest BCUT2D eigenvalue weighted by atomic mass is 32.2. The highest BCUT2D eigenvalue weighted by Gasteiger charge is 2.20. The molecule has 0 aliphatic heterocycles. The van der Waals surface area contributed by atoms with Crippen LogP contribution in [-0.4, -0.2) is 28.5 Å². The van der Waals surface area contributed by atoms with E-state index in [1.54, 1.807) is 12.3 Å². The number of nitrogens with one attached hydrogen (secondary N) is 1. The van der Waals surface area contributed by atoms with Crippen LogP contribution in [0.3, 0.4) is 0 Å². The summed E-state index contributed by atoms with van der Waals surface area (Å²) in [5, 5.41) is 6.43. The minimum Gasteiger partial charge on any atom is -0.345 e. The molecule has 134 valence electrons. The van der Waals surface area contributed by atoms with Crippen molar-refractivity contribution in [2.24, 2.45) is 0 Å². The third-order valence-corrected chi connectivity index (χ3v) is 5.12. The van der Waals surface area contributed by atoms with E-state index >= 15 is 0 Å². The quantitative estimate of drug-likeness (QED) is 0.736. The first-order chi connectivity index (χ1) is 12.4. The Morgan fingerprint density at radius 3 is 2.54 bits per heavy atom. The van der Waals surface area contributed by atoms with E-state index in [2.05, 4.69) is 15.4 Å². The molecule has 1 amide bonds. The number of hydrogen-bond acceptors (Lipinski definition) is 5. The summed E-state index contributed by atoms with van der Waals surface area (Å²) in [6.07, 6.45) is 2.85. The lowest BCUT2D eigenvalue weighted by Crippen LogP contribution is -2.24. The molecule has 9 heteroatoms. The van der Waals surface area contributed by atoms with E-state index in [9.17, 15) is 17.6 Å². The Labute approximate surface area is 149 Å². The van der Waals surface area contributed by atoms with Crippen molar-refractivity contribution in [2.75, 3.05) is 0 Å². The van der Waals surface area contributed by atoms with Crippen LogP contribution in [-0.2, 0) is 16.6 Å². The Bertz CT molecular complexity index is 1030. The second-order valence-corrected chi connectivity index (χ2v) is 7.34. The van der Waals surface area contributed by atoms with Crippen LogP contribution in [0.25, 0.3) is 0 Å². The number of carbonyl (C=O) groups excluding carboxylic acids is 1. The summed E-state index contributed by atoms with van der Waals surface area (Å²) in [7, 11) is -3.99. The van der Waals surface area contributed by atoms with Gasteiger partial charge in [0.05, 0.1) is 17.1 Å². The van der Waals surface area contributed by atoms with E-state index in [0.29, 0.717) is 9.78 Å². The molecule has 3 aromatic rings. The SMILES string of the molecule is Cc1ccc(CNC(=O)c2ccn(S(=O)(=O)c3ccc(F)cc3)n2)nc1. The normalized spacial score (nSPS) is 11.3. The molecule has 26 heavy (non-hydrogen) atoms. The molecule has 1 aromatic carbocycles. The summed E-state index contributed by atoms with van der Waals surface area (Å²) in [5.74, 6) is -1.07. The Morgan fingerprint density at radius 2 is 1.88 bits per heavy atom. The van der Waals surface area contributed by atoms with Crippen LogP contribution in [0.5, 0.6) is 0 Å². The van der Waals surface area contributed by atoms with Gasteiger partial charge in [-0.3, -0.25) is 9.78 Å². The van der Waals surface area contributed by atoms with E-state index in [-0.39, 0.29) is 17.1 Å². The summed E-state index contributed by atoms with van der Waals surface area (Å²) in [4.78, 5) is 16.2. The first-order valence-corrected chi connectivity index (χ1v) is 9.07. The van der Waals surface area contributed by atoms with E-state index < -0.39 is 21.7 Å². The molecule has 0 spiro atoms. The Hall–Kier alpha value is -3.07. The van der Waals surface area contributed by atoms with Gasteiger partial charge in [-0.25, -0.2) is 4.39 Å². The maximum Gasteiger partial charge on any atom is 0.282 e. The topological polar surface area (TPSA) is 94.0 Å². The first kappa shape index (κ1) is 17.7. The minimum atomic E-state index is -3.99. The fraction of sp³-hybridized carbons (Fsp3) is 0.118. The zero-order valence-electron chi connectivity index (χ0n) is 13.8. The van der Waals surface area contributed by atoms with E-state index in [4.69, 9.17) is 0 Å². The van der Waals surface area contributed by atoms with Crippen LogP contribution in [0.1, 0.15) is 21.7 Å². The Kier molecular flexibility index (Phi) is 4.81. The molecule has 1 N–H and O–H groups in total. The van der Waals surface area contributed by atoms with Crippen LogP contribution < -0.4 is 5.32 Å². The van der Waals surface area contributed by atoms with Gasteiger partial charge in [0.15, 0.2) is 5.69 Å². The second-order valence-electron chi connectivity index (χ2n) is 5.54. The second kappa shape index (κ2) is 7.04. The van der Waals surface area contributed by atoms with Gasteiger partial charge in [0.2, 0.25) is 0 Å². The number of halogens is 1. The van der Waals surface area contributed by atoms with Gasteiger partial charge in [0, 0.05) is 12.4 Å². The highest BCUT2D eigenvalue weighted by molar-refractivity contribution is 7.89. The van der Waals surface area contributed by atoms with Gasteiger partial charge in [0.25, 0.3) is 15.9 Å². The molecule has 0 bridgehead atoms. The summed E-state index contributed by atoms with van der Waals surface area (Å²) >= 11 is 0. The number of pyridine rings is 1. The van der Waals surface area contributed by atoms with E-state index in [1.165, 1.54) is 6.07 Å². The molecule has 7 nitrogen and oxygen atoms in total. The molecule has 0 aliphatic carbocycles. The number of aryl methyl sites for hydroxylation is 1. The zero-order valence-corrected chi connectivity index (χ0v) is 14.6. The van der Waals surface area contributed by atoms with Gasteiger partial charge >= 0.3 is 0 Å². The average Bonchev–Trinajstić information content (AvgIpc) is 3.12. The zero-order chi connectivity index (χ0) is 18.7. The van der Waals surface area contributed by atoms with Gasteiger partial charge < -0.3 is 5.32 Å². The lowest BCUT2D eigenvalue weighted by atomic mass is 10.3. The van der Waals surface area contributed by atoms with Gasteiger partial charge in [-0.1, -0.05) is 6.07 Å². The fourth-order valence-corrected chi connectivity index (χ4v) is 3.25. The molecule has 0 unspecified atom stereocenters. The monoisotopic (exact) mass is 374 g/mol. The number of nitrogens with zero attached hydrogens (tertiary/aromatic N) is 3. The van der Waals surface area contributed by atoms with Crippen molar-refractivity contribution in [1.29, 1.82) is 0 Å². The third-order valence-electron chi connectivity index (χ3n) is 3.56. The number of aromatic nitrogens is 3. The van der Waals surface area contributed by atoms with Crippen molar-refractivity contribution in [1.82, 2.24) is 19.5 Å². The molecule has 0 aliphatic rings. The Morgan fingerprint density at radius 1 is 1.15 bits per heavy atom. The summed E-state index contributed by atoms with van der Waals surface area (Å²) in [6.45, 7) is 2.10. The summed E-state index contributed by atoms with van der Waals surface area (Å²) in [6, 6.07) is 9.30. The number of amides is 1. The van der Waals surface area contributed by atoms with Gasteiger partial charge in [-0.15, -0.1) is 0 Å². The average molecular weight is 374 g/mol. The molecule has 0 saturated heterocycles. The van der Waals surface area contributed by atoms with Crippen molar-refractivity contribution in [2.45, 2.75) is 18.4 Å². The molecule has 0 atom stereocenters. The maximum absolute atomic E-state index is 13.0. The molecule has 0 saturated carbocycles. The van der Waals surface area contributed by atoms with E-state index in [1.807, 2.05) is 13.0 Å². The number of carbonyl (C=O) groups is 1. The predicted molar refractivity (Wildman–Crippen MR) is 91.4 cm³/mol. The van der Waals surface area contributed by atoms with Crippen molar-refractivity contribution in [3.05, 3.63) is 77.6 Å². The van der Waals surface area contributed by atoms with Gasteiger partial charge in [0.1, 0.15) is 5.82 Å². The predicted octanol–water partition coefficient (Wildman–Crippen LogP) is 1.89. The molecular weight excluding hydrogens is 359 g/mol. The first-order valence-electron chi connectivity index (χ1n) is 7.63. The lowest BCUT2D eigenvalue weighted by Gasteiger charge is -2.05.